The zero-order valence-electron chi connectivity index (χ0n) is 8.48. The van der Waals surface area contributed by atoms with Gasteiger partial charge in [0.25, 0.3) is 0 Å². The van der Waals surface area contributed by atoms with Crippen molar-refractivity contribution in [3.63, 3.8) is 0 Å². The lowest BCUT2D eigenvalue weighted by Crippen LogP contribution is -1.85. The molecule has 0 bridgehead atoms. The van der Waals surface area contributed by atoms with E-state index in [2.05, 4.69) is 9.97 Å². The molecule has 0 spiro atoms. The summed E-state index contributed by atoms with van der Waals surface area (Å²) in [6.07, 6.45) is 0. The number of nitrogens with zero attached hydrogens (tertiary/aromatic N) is 2. The summed E-state index contributed by atoms with van der Waals surface area (Å²) in [6, 6.07) is 0. The van der Waals surface area contributed by atoms with Crippen molar-refractivity contribution < 1.29 is 4.74 Å². The zero-order valence-corrected chi connectivity index (χ0v) is 10.1. The number of rotatable bonds is 3. The van der Waals surface area contributed by atoms with Gasteiger partial charge in [0.15, 0.2) is 5.13 Å². The van der Waals surface area contributed by atoms with Crippen LogP contribution in [0.15, 0.2) is 5.38 Å². The molecule has 2 aromatic rings. The van der Waals surface area contributed by atoms with E-state index < -0.39 is 0 Å². The Labute approximate surface area is 95.8 Å². The maximum atomic E-state index is 5.60. The minimum atomic E-state index is 0.547. The molecule has 0 amide bonds. The van der Waals surface area contributed by atoms with Crippen LogP contribution >= 0.6 is 22.7 Å². The van der Waals surface area contributed by atoms with Crippen molar-refractivity contribution in [1.29, 1.82) is 0 Å². The van der Waals surface area contributed by atoms with Crippen LogP contribution in [-0.4, -0.2) is 17.1 Å². The average Bonchev–Trinajstić information content (AvgIpc) is 2.73. The summed E-state index contributed by atoms with van der Waals surface area (Å²) in [5.74, 6) is 0. The van der Waals surface area contributed by atoms with Gasteiger partial charge in [-0.1, -0.05) is 0 Å². The van der Waals surface area contributed by atoms with Gasteiger partial charge in [-0.25, -0.2) is 9.97 Å². The molecule has 0 atom stereocenters. The smallest absolute Gasteiger partial charge is 0.180 e. The van der Waals surface area contributed by atoms with Crippen molar-refractivity contribution in [2.75, 3.05) is 12.8 Å². The van der Waals surface area contributed by atoms with E-state index >= 15 is 0 Å². The second kappa shape index (κ2) is 4.26. The quantitative estimate of drug-likeness (QED) is 0.895. The van der Waals surface area contributed by atoms with Gasteiger partial charge in [-0.3, -0.25) is 0 Å². The Morgan fingerprint density at radius 1 is 1.47 bits per heavy atom. The molecule has 2 rings (SSSR count). The largest absolute Gasteiger partial charge is 0.378 e. The molecule has 0 saturated heterocycles. The van der Waals surface area contributed by atoms with Crippen LogP contribution in [0.2, 0.25) is 0 Å². The fraction of sp³-hybridized carbons (Fsp3) is 0.333. The van der Waals surface area contributed by atoms with E-state index in [0.717, 1.165) is 21.3 Å². The van der Waals surface area contributed by atoms with Gasteiger partial charge in [0, 0.05) is 12.5 Å². The standard InChI is InChI=1S/C9H11N3OS2/c1-5-8(6-4-14-9(10)12-6)15-7(11-5)3-13-2/h4H,3H2,1-2H3,(H2,10,12). The van der Waals surface area contributed by atoms with Gasteiger partial charge in [0.2, 0.25) is 0 Å². The Hall–Kier alpha value is -0.980. The Morgan fingerprint density at radius 2 is 2.27 bits per heavy atom. The summed E-state index contributed by atoms with van der Waals surface area (Å²) < 4.78 is 5.04. The summed E-state index contributed by atoms with van der Waals surface area (Å²) in [7, 11) is 1.66. The fourth-order valence-corrected chi connectivity index (χ4v) is 2.89. The molecule has 0 saturated carbocycles. The molecule has 0 aliphatic carbocycles. The lowest BCUT2D eigenvalue weighted by Gasteiger charge is -1.90. The number of hydrogen-bond donors (Lipinski definition) is 1. The zero-order chi connectivity index (χ0) is 10.8. The molecule has 4 nitrogen and oxygen atoms in total. The number of aryl methyl sites for hydroxylation is 1. The molecule has 2 aromatic heterocycles. The Balaban J connectivity index is 2.35. The predicted octanol–water partition coefficient (Wildman–Crippen LogP) is 2.30. The maximum absolute atomic E-state index is 5.60. The first-order valence-corrected chi connectivity index (χ1v) is 6.07. The van der Waals surface area contributed by atoms with Crippen molar-refractivity contribution in [2.24, 2.45) is 0 Å². The fourth-order valence-electron chi connectivity index (χ4n) is 1.27. The molecule has 0 radical (unpaired) electrons. The van der Waals surface area contributed by atoms with E-state index in [4.69, 9.17) is 10.5 Å². The molecule has 15 heavy (non-hydrogen) atoms. The Bertz CT molecular complexity index is 464. The van der Waals surface area contributed by atoms with Crippen molar-refractivity contribution in [3.8, 4) is 10.6 Å². The highest BCUT2D eigenvalue weighted by Crippen LogP contribution is 2.31. The molecule has 2 heterocycles. The Morgan fingerprint density at radius 3 is 2.87 bits per heavy atom. The molecule has 6 heteroatoms. The number of anilines is 1. The normalized spacial score (nSPS) is 10.8. The highest BCUT2D eigenvalue weighted by molar-refractivity contribution is 7.16. The summed E-state index contributed by atoms with van der Waals surface area (Å²) in [4.78, 5) is 9.72. The van der Waals surface area contributed by atoms with Crippen molar-refractivity contribution in [3.05, 3.63) is 16.1 Å². The van der Waals surface area contributed by atoms with E-state index in [1.54, 1.807) is 18.4 Å². The van der Waals surface area contributed by atoms with Crippen LogP contribution in [0.25, 0.3) is 10.6 Å². The van der Waals surface area contributed by atoms with Crippen molar-refractivity contribution in [1.82, 2.24) is 9.97 Å². The van der Waals surface area contributed by atoms with Crippen LogP contribution in [0.3, 0.4) is 0 Å². The van der Waals surface area contributed by atoms with Crippen molar-refractivity contribution in [2.45, 2.75) is 13.5 Å². The average molecular weight is 241 g/mol. The van der Waals surface area contributed by atoms with Gasteiger partial charge in [0.05, 0.1) is 22.9 Å². The minimum Gasteiger partial charge on any atom is -0.378 e. The minimum absolute atomic E-state index is 0.547. The molecule has 0 aliphatic rings. The number of methoxy groups -OCH3 is 1. The molecule has 0 aliphatic heterocycles. The summed E-state index contributed by atoms with van der Waals surface area (Å²) >= 11 is 3.05. The van der Waals surface area contributed by atoms with Gasteiger partial charge < -0.3 is 10.5 Å². The molecule has 2 N–H and O–H groups in total. The summed E-state index contributed by atoms with van der Waals surface area (Å²) in [5, 5.41) is 3.51. The lowest BCUT2D eigenvalue weighted by molar-refractivity contribution is 0.184. The van der Waals surface area contributed by atoms with E-state index in [1.165, 1.54) is 11.3 Å². The number of ether oxygens (including phenoxy) is 1. The van der Waals surface area contributed by atoms with E-state index in [9.17, 15) is 0 Å². The van der Waals surface area contributed by atoms with Crippen LogP contribution in [0.1, 0.15) is 10.7 Å². The first kappa shape index (κ1) is 10.5. The molecular formula is C9H11N3OS2. The lowest BCUT2D eigenvalue weighted by atomic mass is 10.3. The first-order valence-electron chi connectivity index (χ1n) is 4.37. The van der Waals surface area contributed by atoms with Crippen LogP contribution in [-0.2, 0) is 11.3 Å². The maximum Gasteiger partial charge on any atom is 0.180 e. The number of thiazole rings is 2. The third-order valence-corrected chi connectivity index (χ3v) is 3.69. The van der Waals surface area contributed by atoms with E-state index in [-0.39, 0.29) is 0 Å². The number of hydrogen-bond acceptors (Lipinski definition) is 6. The van der Waals surface area contributed by atoms with Crippen molar-refractivity contribution >= 4 is 27.8 Å². The second-order valence-corrected chi connectivity index (χ2v) is 5.00. The number of nitrogens with two attached hydrogens (primary N) is 1. The third kappa shape index (κ3) is 2.17. The van der Waals surface area contributed by atoms with E-state index in [0.29, 0.717) is 11.7 Å². The van der Waals surface area contributed by atoms with Gasteiger partial charge >= 0.3 is 0 Å². The molecule has 80 valence electrons. The van der Waals surface area contributed by atoms with E-state index in [1.807, 2.05) is 12.3 Å². The highest BCUT2D eigenvalue weighted by atomic mass is 32.1. The SMILES string of the molecule is COCc1nc(C)c(-c2csc(N)n2)s1. The van der Waals surface area contributed by atoms with Crippen LogP contribution in [0.4, 0.5) is 5.13 Å². The molecule has 0 aromatic carbocycles. The highest BCUT2D eigenvalue weighted by Gasteiger charge is 2.11. The summed E-state index contributed by atoms with van der Waals surface area (Å²) in [5.41, 5.74) is 7.49. The van der Waals surface area contributed by atoms with Gasteiger partial charge in [-0.05, 0) is 6.92 Å². The van der Waals surface area contributed by atoms with Gasteiger partial charge in [0.1, 0.15) is 5.01 Å². The van der Waals surface area contributed by atoms with Gasteiger partial charge in [-0.15, -0.1) is 22.7 Å². The number of aromatic nitrogens is 2. The Kier molecular flexibility index (Phi) is 2.99. The first-order chi connectivity index (χ1) is 7.20. The predicted molar refractivity (Wildman–Crippen MR) is 63.1 cm³/mol. The van der Waals surface area contributed by atoms with Gasteiger partial charge in [-0.2, -0.15) is 0 Å². The second-order valence-electron chi connectivity index (χ2n) is 3.03. The molecule has 0 fully saturated rings. The topological polar surface area (TPSA) is 61.0 Å². The molecule has 0 unspecified atom stereocenters. The number of nitrogen functional groups attached to an aromatic ring is 1. The van der Waals surface area contributed by atoms with Crippen LogP contribution in [0, 0.1) is 6.92 Å². The monoisotopic (exact) mass is 241 g/mol. The third-order valence-electron chi connectivity index (χ3n) is 1.86. The molecular weight excluding hydrogens is 230 g/mol. The van der Waals surface area contributed by atoms with Crippen LogP contribution < -0.4 is 5.73 Å². The van der Waals surface area contributed by atoms with Crippen LogP contribution in [0.5, 0.6) is 0 Å². The summed E-state index contributed by atoms with van der Waals surface area (Å²) in [6.45, 7) is 2.52.